The third-order valence-electron chi connectivity index (χ3n) is 3.42. The Hall–Kier alpha value is -1.62. The first kappa shape index (κ1) is 11.5. The van der Waals surface area contributed by atoms with Gasteiger partial charge in [-0.3, -0.25) is 4.79 Å². The Balaban J connectivity index is 1.95. The second kappa shape index (κ2) is 3.95. The zero-order valence-electron chi connectivity index (χ0n) is 9.51. The standard InChI is InChI=1S/C13H11BrN2O2/c14-11-5-8-15-16(11)10-3-1-9(2-4-10)13(6-7-13)12(17)18/h1-5,8H,6-7H2,(H,17,18). The fourth-order valence-electron chi connectivity index (χ4n) is 2.15. The van der Waals surface area contributed by atoms with Gasteiger partial charge in [0.2, 0.25) is 0 Å². The van der Waals surface area contributed by atoms with Crippen molar-refractivity contribution in [2.75, 3.05) is 0 Å². The molecule has 3 rings (SSSR count). The molecule has 0 atom stereocenters. The van der Waals surface area contributed by atoms with E-state index in [1.54, 1.807) is 10.9 Å². The summed E-state index contributed by atoms with van der Waals surface area (Å²) in [6, 6.07) is 9.41. The van der Waals surface area contributed by atoms with Gasteiger partial charge in [-0.2, -0.15) is 5.10 Å². The van der Waals surface area contributed by atoms with Gasteiger partial charge in [-0.15, -0.1) is 0 Å². The van der Waals surface area contributed by atoms with Crippen molar-refractivity contribution < 1.29 is 9.90 Å². The Morgan fingerprint density at radius 3 is 2.39 bits per heavy atom. The molecule has 0 aliphatic heterocycles. The summed E-state index contributed by atoms with van der Waals surface area (Å²) in [4.78, 5) is 11.2. The predicted octanol–water partition coefficient (Wildman–Crippen LogP) is 2.75. The molecule has 1 aliphatic carbocycles. The highest BCUT2D eigenvalue weighted by atomic mass is 79.9. The van der Waals surface area contributed by atoms with Gasteiger partial charge in [-0.1, -0.05) is 12.1 Å². The molecule has 1 heterocycles. The molecule has 0 amide bonds. The monoisotopic (exact) mass is 306 g/mol. The second-order valence-corrected chi connectivity index (χ2v) is 5.31. The van der Waals surface area contributed by atoms with Gasteiger partial charge >= 0.3 is 5.97 Å². The first-order valence-corrected chi connectivity index (χ1v) is 6.47. The third-order valence-corrected chi connectivity index (χ3v) is 4.02. The van der Waals surface area contributed by atoms with E-state index in [1.165, 1.54) is 0 Å². The first-order chi connectivity index (χ1) is 8.63. The third kappa shape index (κ3) is 1.66. The van der Waals surface area contributed by atoms with Gasteiger partial charge in [0.15, 0.2) is 0 Å². The zero-order valence-corrected chi connectivity index (χ0v) is 11.1. The summed E-state index contributed by atoms with van der Waals surface area (Å²) in [6.07, 6.45) is 3.16. The summed E-state index contributed by atoms with van der Waals surface area (Å²) < 4.78 is 2.62. The molecule has 0 unspecified atom stereocenters. The lowest BCUT2D eigenvalue weighted by Gasteiger charge is -2.11. The normalized spacial score (nSPS) is 16.5. The summed E-state index contributed by atoms with van der Waals surface area (Å²) in [5.41, 5.74) is 1.15. The number of halogens is 1. The number of carboxylic acids is 1. The van der Waals surface area contributed by atoms with E-state index in [0.29, 0.717) is 0 Å². The van der Waals surface area contributed by atoms with E-state index in [2.05, 4.69) is 21.0 Å². The Kier molecular flexibility index (Phi) is 2.52. The SMILES string of the molecule is O=C(O)C1(c2ccc(-n3nccc3Br)cc2)CC1. The number of carbonyl (C=O) groups is 1. The number of benzene rings is 1. The lowest BCUT2D eigenvalue weighted by Crippen LogP contribution is -2.19. The van der Waals surface area contributed by atoms with E-state index in [1.807, 2.05) is 30.3 Å². The van der Waals surface area contributed by atoms with E-state index in [0.717, 1.165) is 28.7 Å². The maximum Gasteiger partial charge on any atom is 0.314 e. The Morgan fingerprint density at radius 1 is 1.28 bits per heavy atom. The van der Waals surface area contributed by atoms with Crippen LogP contribution in [0.2, 0.25) is 0 Å². The second-order valence-electron chi connectivity index (χ2n) is 4.50. The van der Waals surface area contributed by atoms with Crippen LogP contribution in [0.5, 0.6) is 0 Å². The molecule has 18 heavy (non-hydrogen) atoms. The lowest BCUT2D eigenvalue weighted by atomic mass is 9.96. The highest BCUT2D eigenvalue weighted by Gasteiger charge is 2.51. The van der Waals surface area contributed by atoms with Crippen LogP contribution in [0.25, 0.3) is 5.69 Å². The molecular formula is C13H11BrN2O2. The summed E-state index contributed by atoms with van der Waals surface area (Å²) in [6.45, 7) is 0. The van der Waals surface area contributed by atoms with E-state index >= 15 is 0 Å². The Labute approximate surface area is 112 Å². The van der Waals surface area contributed by atoms with E-state index in [4.69, 9.17) is 0 Å². The minimum atomic E-state index is -0.726. The fraction of sp³-hybridized carbons (Fsp3) is 0.231. The van der Waals surface area contributed by atoms with Crippen LogP contribution in [-0.2, 0) is 10.2 Å². The van der Waals surface area contributed by atoms with Gasteiger partial charge in [-0.05, 0) is 52.5 Å². The smallest absolute Gasteiger partial charge is 0.314 e. The molecule has 1 aliphatic rings. The van der Waals surface area contributed by atoms with Crippen molar-refractivity contribution in [3.8, 4) is 5.69 Å². The molecule has 1 fully saturated rings. The van der Waals surface area contributed by atoms with E-state index < -0.39 is 11.4 Å². The van der Waals surface area contributed by atoms with Crippen molar-refractivity contribution in [3.63, 3.8) is 0 Å². The van der Waals surface area contributed by atoms with Crippen LogP contribution in [-0.4, -0.2) is 20.9 Å². The highest BCUT2D eigenvalue weighted by Crippen LogP contribution is 2.48. The minimum Gasteiger partial charge on any atom is -0.481 e. The first-order valence-electron chi connectivity index (χ1n) is 5.67. The van der Waals surface area contributed by atoms with Crippen molar-refractivity contribution >= 4 is 21.9 Å². The van der Waals surface area contributed by atoms with Crippen LogP contribution in [0.4, 0.5) is 0 Å². The van der Waals surface area contributed by atoms with Crippen molar-refractivity contribution in [2.24, 2.45) is 0 Å². The van der Waals surface area contributed by atoms with Crippen molar-refractivity contribution in [3.05, 3.63) is 46.7 Å². The van der Waals surface area contributed by atoms with Crippen molar-refractivity contribution in [1.29, 1.82) is 0 Å². The number of hydrogen-bond acceptors (Lipinski definition) is 2. The number of aliphatic carboxylic acids is 1. The molecule has 5 heteroatoms. The number of hydrogen-bond donors (Lipinski definition) is 1. The number of aromatic nitrogens is 2. The van der Waals surface area contributed by atoms with Crippen LogP contribution in [0, 0.1) is 0 Å². The molecule has 2 aromatic rings. The number of carboxylic acid groups (broad SMARTS) is 1. The zero-order chi connectivity index (χ0) is 12.8. The van der Waals surface area contributed by atoms with Crippen LogP contribution >= 0.6 is 15.9 Å². The summed E-state index contributed by atoms with van der Waals surface area (Å²) in [7, 11) is 0. The van der Waals surface area contributed by atoms with Gasteiger partial charge in [0.1, 0.15) is 4.60 Å². The predicted molar refractivity (Wildman–Crippen MR) is 69.8 cm³/mol. The molecule has 1 saturated carbocycles. The maximum absolute atomic E-state index is 11.2. The summed E-state index contributed by atoms with van der Waals surface area (Å²) >= 11 is 3.40. The molecule has 1 aromatic carbocycles. The van der Waals surface area contributed by atoms with Gasteiger partial charge in [-0.25, -0.2) is 4.68 Å². The molecule has 92 valence electrons. The lowest BCUT2D eigenvalue weighted by molar-refractivity contribution is -0.140. The molecular weight excluding hydrogens is 296 g/mol. The highest BCUT2D eigenvalue weighted by molar-refractivity contribution is 9.10. The van der Waals surface area contributed by atoms with Crippen molar-refractivity contribution in [1.82, 2.24) is 9.78 Å². The van der Waals surface area contributed by atoms with Crippen LogP contribution in [0.15, 0.2) is 41.1 Å². The fourth-order valence-corrected chi connectivity index (χ4v) is 2.56. The van der Waals surface area contributed by atoms with Gasteiger partial charge in [0.05, 0.1) is 17.3 Å². The molecule has 0 radical (unpaired) electrons. The quantitative estimate of drug-likeness (QED) is 0.948. The van der Waals surface area contributed by atoms with E-state index in [9.17, 15) is 9.90 Å². The number of nitrogens with zero attached hydrogens (tertiary/aromatic N) is 2. The van der Waals surface area contributed by atoms with Gasteiger partial charge < -0.3 is 5.11 Å². The molecule has 1 aromatic heterocycles. The average Bonchev–Trinajstić information content (AvgIpc) is 3.08. The van der Waals surface area contributed by atoms with Crippen LogP contribution < -0.4 is 0 Å². The molecule has 1 N–H and O–H groups in total. The maximum atomic E-state index is 11.2. The molecule has 4 nitrogen and oxygen atoms in total. The Morgan fingerprint density at radius 2 is 1.94 bits per heavy atom. The Bertz CT molecular complexity index is 600. The summed E-state index contributed by atoms with van der Waals surface area (Å²) in [5, 5.41) is 13.4. The minimum absolute atomic E-state index is 0.639. The van der Waals surface area contributed by atoms with Crippen molar-refractivity contribution in [2.45, 2.75) is 18.3 Å². The topological polar surface area (TPSA) is 55.1 Å². The molecule has 0 saturated heterocycles. The average molecular weight is 307 g/mol. The van der Waals surface area contributed by atoms with E-state index in [-0.39, 0.29) is 0 Å². The van der Waals surface area contributed by atoms with Gasteiger partial charge in [0, 0.05) is 0 Å². The molecule has 0 spiro atoms. The number of rotatable bonds is 3. The van der Waals surface area contributed by atoms with Crippen LogP contribution in [0.1, 0.15) is 18.4 Å². The molecule has 0 bridgehead atoms. The van der Waals surface area contributed by atoms with Crippen LogP contribution in [0.3, 0.4) is 0 Å². The largest absolute Gasteiger partial charge is 0.481 e. The van der Waals surface area contributed by atoms with Gasteiger partial charge in [0.25, 0.3) is 0 Å². The summed E-state index contributed by atoms with van der Waals surface area (Å²) in [5.74, 6) is -0.726.